The van der Waals surface area contributed by atoms with Gasteiger partial charge in [0.15, 0.2) is 5.96 Å². The molecule has 1 saturated heterocycles. The van der Waals surface area contributed by atoms with Gasteiger partial charge < -0.3 is 20.3 Å². The van der Waals surface area contributed by atoms with Crippen molar-refractivity contribution in [3.63, 3.8) is 0 Å². The Kier molecular flexibility index (Phi) is 7.65. The van der Waals surface area contributed by atoms with Gasteiger partial charge >= 0.3 is 0 Å². The van der Waals surface area contributed by atoms with Crippen LogP contribution in [0.1, 0.15) is 30.9 Å². The van der Waals surface area contributed by atoms with Crippen LogP contribution in [0.4, 0.5) is 4.39 Å². The average molecular weight is 413 g/mol. The minimum Gasteiger partial charge on any atom is -0.489 e. The van der Waals surface area contributed by atoms with Crippen LogP contribution in [0.2, 0.25) is 0 Å². The van der Waals surface area contributed by atoms with Crippen LogP contribution in [-0.4, -0.2) is 43.0 Å². The fraction of sp³-hybridized carbons (Fsp3) is 0.391. The lowest BCUT2D eigenvalue weighted by molar-refractivity contribution is -0.128. The minimum absolute atomic E-state index is 0.160. The molecule has 2 aromatic rings. The summed E-state index contributed by atoms with van der Waals surface area (Å²) in [7, 11) is 1.71. The van der Waals surface area contributed by atoms with Crippen molar-refractivity contribution in [2.75, 3.05) is 20.1 Å². The third kappa shape index (κ3) is 6.47. The first-order valence-electron chi connectivity index (χ1n) is 10.3. The van der Waals surface area contributed by atoms with Crippen LogP contribution < -0.4 is 15.4 Å². The van der Waals surface area contributed by atoms with Gasteiger partial charge in [0, 0.05) is 39.2 Å². The van der Waals surface area contributed by atoms with E-state index >= 15 is 0 Å². The third-order valence-electron chi connectivity index (χ3n) is 4.91. The number of likely N-dealkylation sites (tertiary alicyclic amines) is 1. The molecule has 160 valence electrons. The summed E-state index contributed by atoms with van der Waals surface area (Å²) in [6.45, 7) is 4.55. The van der Waals surface area contributed by atoms with Crippen LogP contribution in [0.25, 0.3) is 0 Å². The number of carbonyl (C=O) groups is 1. The lowest BCUT2D eigenvalue weighted by atomic mass is 10.1. The number of nitrogens with zero attached hydrogens (tertiary/aromatic N) is 2. The minimum atomic E-state index is -0.318. The molecule has 3 rings (SSSR count). The van der Waals surface area contributed by atoms with Gasteiger partial charge in [-0.25, -0.2) is 4.39 Å². The Morgan fingerprint density at radius 3 is 2.73 bits per heavy atom. The van der Waals surface area contributed by atoms with Crippen LogP contribution >= 0.6 is 0 Å². The predicted molar refractivity (Wildman–Crippen MR) is 116 cm³/mol. The molecular formula is C23H29FN4O2. The topological polar surface area (TPSA) is 66.0 Å². The summed E-state index contributed by atoms with van der Waals surface area (Å²) >= 11 is 0. The zero-order valence-corrected chi connectivity index (χ0v) is 17.5. The Bertz CT molecular complexity index is 887. The van der Waals surface area contributed by atoms with Gasteiger partial charge in [-0.15, -0.1) is 0 Å². The Morgan fingerprint density at radius 1 is 1.20 bits per heavy atom. The number of nitrogens with one attached hydrogen (secondary N) is 2. The second kappa shape index (κ2) is 10.6. The number of aliphatic imine (C=N–C) groups is 1. The van der Waals surface area contributed by atoms with Crippen LogP contribution in [0, 0.1) is 5.82 Å². The molecule has 1 fully saturated rings. The highest BCUT2D eigenvalue weighted by Gasteiger charge is 2.19. The van der Waals surface area contributed by atoms with Crippen LogP contribution in [-0.2, 0) is 17.9 Å². The number of rotatable bonds is 8. The molecule has 0 saturated carbocycles. The Balaban J connectivity index is 1.45. The van der Waals surface area contributed by atoms with Crippen molar-refractivity contribution in [1.29, 1.82) is 0 Å². The van der Waals surface area contributed by atoms with Gasteiger partial charge in [0.2, 0.25) is 5.91 Å². The summed E-state index contributed by atoms with van der Waals surface area (Å²) < 4.78 is 19.0. The standard InChI is InChI=1S/C23H29FN4O2/c1-17(30-21-9-4-8-20(24)13-21)14-26-23(25-2)27-15-18-6-3-7-19(12-18)16-28-11-5-10-22(28)29/h3-4,6-9,12-13,17H,5,10-11,14-16H2,1-2H3,(H2,25,26,27). The van der Waals surface area contributed by atoms with Crippen molar-refractivity contribution in [3.8, 4) is 5.75 Å². The van der Waals surface area contributed by atoms with Crippen molar-refractivity contribution in [3.05, 3.63) is 65.5 Å². The summed E-state index contributed by atoms with van der Waals surface area (Å²) in [6.07, 6.45) is 1.44. The lowest BCUT2D eigenvalue weighted by Gasteiger charge is -2.18. The zero-order chi connectivity index (χ0) is 21.3. The predicted octanol–water partition coefficient (Wildman–Crippen LogP) is 3.08. The van der Waals surface area contributed by atoms with Gasteiger partial charge in [0.05, 0.1) is 6.54 Å². The third-order valence-corrected chi connectivity index (χ3v) is 4.91. The molecule has 0 spiro atoms. The van der Waals surface area contributed by atoms with E-state index in [1.807, 2.05) is 30.0 Å². The van der Waals surface area contributed by atoms with Crippen LogP contribution in [0.3, 0.4) is 0 Å². The maximum atomic E-state index is 13.3. The number of halogens is 1. The van der Waals surface area contributed by atoms with E-state index < -0.39 is 0 Å². The van der Waals surface area contributed by atoms with E-state index in [1.165, 1.54) is 12.1 Å². The van der Waals surface area contributed by atoms with Crippen molar-refractivity contribution in [2.24, 2.45) is 4.99 Å². The van der Waals surface area contributed by atoms with Gasteiger partial charge in [0.1, 0.15) is 17.7 Å². The fourth-order valence-electron chi connectivity index (χ4n) is 3.39. The summed E-state index contributed by atoms with van der Waals surface area (Å²) in [4.78, 5) is 18.0. The summed E-state index contributed by atoms with van der Waals surface area (Å²) in [5.41, 5.74) is 2.25. The van der Waals surface area contributed by atoms with Crippen molar-refractivity contribution in [2.45, 2.75) is 39.0 Å². The second-order valence-corrected chi connectivity index (χ2v) is 7.43. The molecule has 0 bridgehead atoms. The maximum absolute atomic E-state index is 13.3. The SMILES string of the molecule is CN=C(NCc1cccc(CN2CCCC2=O)c1)NCC(C)Oc1cccc(F)c1. The number of amides is 1. The summed E-state index contributed by atoms with van der Waals surface area (Å²) in [6, 6.07) is 14.3. The highest BCUT2D eigenvalue weighted by Crippen LogP contribution is 2.15. The van der Waals surface area contributed by atoms with Crippen molar-refractivity contribution >= 4 is 11.9 Å². The van der Waals surface area contributed by atoms with E-state index in [0.717, 1.165) is 24.1 Å². The Hall–Kier alpha value is -3.09. The average Bonchev–Trinajstić information content (AvgIpc) is 3.13. The monoisotopic (exact) mass is 412 g/mol. The normalized spacial score (nSPS) is 15.2. The quantitative estimate of drug-likeness (QED) is 0.517. The van der Waals surface area contributed by atoms with Gasteiger partial charge in [-0.2, -0.15) is 0 Å². The maximum Gasteiger partial charge on any atom is 0.222 e. The van der Waals surface area contributed by atoms with Crippen molar-refractivity contribution < 1.29 is 13.9 Å². The van der Waals surface area contributed by atoms with Crippen molar-refractivity contribution in [1.82, 2.24) is 15.5 Å². The largest absolute Gasteiger partial charge is 0.489 e. The molecule has 1 amide bonds. The van der Waals surface area contributed by atoms with Gasteiger partial charge in [0.25, 0.3) is 0 Å². The van der Waals surface area contributed by atoms with E-state index in [0.29, 0.717) is 37.8 Å². The molecule has 1 aliphatic rings. The first-order valence-corrected chi connectivity index (χ1v) is 10.3. The number of carbonyl (C=O) groups excluding carboxylic acids is 1. The fourth-order valence-corrected chi connectivity index (χ4v) is 3.39. The van der Waals surface area contributed by atoms with Gasteiger partial charge in [-0.3, -0.25) is 9.79 Å². The second-order valence-electron chi connectivity index (χ2n) is 7.43. The zero-order valence-electron chi connectivity index (χ0n) is 17.5. The van der Waals surface area contributed by atoms with E-state index in [1.54, 1.807) is 19.2 Å². The lowest BCUT2D eigenvalue weighted by Crippen LogP contribution is -2.41. The molecule has 2 aromatic carbocycles. The van der Waals surface area contributed by atoms with E-state index in [2.05, 4.69) is 21.7 Å². The molecule has 0 aromatic heterocycles. The Morgan fingerprint density at radius 2 is 2.00 bits per heavy atom. The summed E-state index contributed by atoms with van der Waals surface area (Å²) in [5, 5.41) is 6.51. The number of benzene rings is 2. The van der Waals surface area contributed by atoms with E-state index in [-0.39, 0.29) is 17.8 Å². The first kappa shape index (κ1) is 21.6. The molecule has 30 heavy (non-hydrogen) atoms. The molecule has 1 aliphatic heterocycles. The number of hydrogen-bond donors (Lipinski definition) is 2. The first-order chi connectivity index (χ1) is 14.5. The molecule has 6 nitrogen and oxygen atoms in total. The number of hydrogen-bond acceptors (Lipinski definition) is 3. The summed E-state index contributed by atoms with van der Waals surface area (Å²) in [5.74, 6) is 1.07. The molecule has 1 unspecified atom stereocenters. The van der Waals surface area contributed by atoms with E-state index in [9.17, 15) is 9.18 Å². The molecule has 0 aliphatic carbocycles. The molecule has 7 heteroatoms. The number of ether oxygens (including phenoxy) is 1. The van der Waals surface area contributed by atoms with Gasteiger partial charge in [-0.1, -0.05) is 30.3 Å². The molecule has 1 atom stereocenters. The highest BCUT2D eigenvalue weighted by molar-refractivity contribution is 5.79. The van der Waals surface area contributed by atoms with Crippen LogP contribution in [0.15, 0.2) is 53.5 Å². The van der Waals surface area contributed by atoms with Gasteiger partial charge in [-0.05, 0) is 36.6 Å². The van der Waals surface area contributed by atoms with E-state index in [4.69, 9.17) is 4.74 Å². The highest BCUT2D eigenvalue weighted by atomic mass is 19.1. The molecule has 2 N–H and O–H groups in total. The molecule has 1 heterocycles. The smallest absolute Gasteiger partial charge is 0.222 e. The molecule has 0 radical (unpaired) electrons. The Labute approximate surface area is 177 Å². The van der Waals surface area contributed by atoms with Crippen LogP contribution in [0.5, 0.6) is 5.75 Å². The molecular weight excluding hydrogens is 383 g/mol. The number of guanidine groups is 1.